The molecule has 0 aliphatic heterocycles. The Morgan fingerprint density at radius 1 is 1.41 bits per heavy atom. The minimum Gasteiger partial charge on any atom is -0.393 e. The summed E-state index contributed by atoms with van der Waals surface area (Å²) in [7, 11) is -3.69. The molecule has 0 saturated carbocycles. The minimum atomic E-state index is -3.69. The number of nitrogens with one attached hydrogen (secondary N) is 1. The molecule has 0 heterocycles. The fourth-order valence-electron chi connectivity index (χ4n) is 1.16. The number of halogens is 2. The van der Waals surface area contributed by atoms with Gasteiger partial charge >= 0.3 is 0 Å². The van der Waals surface area contributed by atoms with E-state index in [-0.39, 0.29) is 16.5 Å². The van der Waals surface area contributed by atoms with Crippen molar-refractivity contribution in [3.8, 4) is 0 Å². The molecule has 0 radical (unpaired) electrons. The largest absolute Gasteiger partial charge is 0.393 e. The number of aliphatic hydroxyl groups is 1. The quantitative estimate of drug-likeness (QED) is 0.874. The van der Waals surface area contributed by atoms with Gasteiger partial charge in [-0.1, -0.05) is 23.2 Å². The summed E-state index contributed by atoms with van der Waals surface area (Å²) in [6.45, 7) is 1.73. The molecule has 4 nitrogen and oxygen atoms in total. The van der Waals surface area contributed by atoms with Crippen molar-refractivity contribution >= 4 is 33.2 Å². The third kappa shape index (κ3) is 4.44. The molecular weight excluding hydrogens is 285 g/mol. The van der Waals surface area contributed by atoms with Crippen LogP contribution in [0.4, 0.5) is 0 Å². The second kappa shape index (κ2) is 6.02. The van der Waals surface area contributed by atoms with Crippen LogP contribution in [0.1, 0.15) is 13.3 Å². The first-order valence-electron chi connectivity index (χ1n) is 4.95. The highest BCUT2D eigenvalue weighted by Gasteiger charge is 2.17. The van der Waals surface area contributed by atoms with E-state index in [4.69, 9.17) is 28.3 Å². The van der Waals surface area contributed by atoms with Crippen LogP contribution >= 0.6 is 23.2 Å². The molecule has 96 valence electrons. The summed E-state index contributed by atoms with van der Waals surface area (Å²) >= 11 is 11.5. The lowest BCUT2D eigenvalue weighted by atomic mass is 10.3. The van der Waals surface area contributed by atoms with Gasteiger partial charge in [-0.15, -0.1) is 0 Å². The third-order valence-corrected chi connectivity index (χ3v) is 4.21. The lowest BCUT2D eigenvalue weighted by molar-refractivity contribution is 0.186. The zero-order chi connectivity index (χ0) is 13.1. The molecule has 1 aromatic carbocycles. The van der Waals surface area contributed by atoms with Crippen LogP contribution in [0.3, 0.4) is 0 Å². The van der Waals surface area contributed by atoms with Crippen LogP contribution < -0.4 is 4.72 Å². The van der Waals surface area contributed by atoms with E-state index in [0.29, 0.717) is 11.4 Å². The first-order chi connectivity index (χ1) is 7.83. The van der Waals surface area contributed by atoms with Crippen LogP contribution in [0.5, 0.6) is 0 Å². The van der Waals surface area contributed by atoms with Crippen molar-refractivity contribution in [2.75, 3.05) is 6.54 Å². The van der Waals surface area contributed by atoms with Crippen molar-refractivity contribution < 1.29 is 13.5 Å². The first-order valence-corrected chi connectivity index (χ1v) is 7.19. The van der Waals surface area contributed by atoms with Crippen molar-refractivity contribution in [3.05, 3.63) is 28.2 Å². The highest BCUT2D eigenvalue weighted by Crippen LogP contribution is 2.24. The SMILES string of the molecule is CC(O)CCNS(=O)(=O)c1cc(Cl)ccc1Cl. The molecule has 0 aromatic heterocycles. The maximum Gasteiger partial charge on any atom is 0.242 e. The molecule has 1 rings (SSSR count). The Bertz CT molecular complexity index is 488. The Labute approximate surface area is 111 Å². The number of sulfonamides is 1. The lowest BCUT2D eigenvalue weighted by Gasteiger charge is -2.09. The number of hydrogen-bond donors (Lipinski definition) is 2. The number of benzene rings is 1. The third-order valence-electron chi connectivity index (χ3n) is 2.04. The Kier molecular flexibility index (Phi) is 5.22. The van der Waals surface area contributed by atoms with Crippen molar-refractivity contribution in [2.45, 2.75) is 24.3 Å². The van der Waals surface area contributed by atoms with E-state index in [1.54, 1.807) is 6.92 Å². The average Bonchev–Trinajstić information content (AvgIpc) is 2.20. The molecule has 0 fully saturated rings. The minimum absolute atomic E-state index is 0.0581. The smallest absolute Gasteiger partial charge is 0.242 e. The Morgan fingerprint density at radius 3 is 2.65 bits per heavy atom. The number of aliphatic hydroxyl groups excluding tert-OH is 1. The summed E-state index contributed by atoms with van der Waals surface area (Å²) in [6.07, 6.45) is -0.232. The molecule has 2 N–H and O–H groups in total. The summed E-state index contributed by atoms with van der Waals surface area (Å²) in [5, 5.41) is 9.44. The molecular formula is C10H13Cl2NO3S. The summed E-state index contributed by atoms with van der Waals surface area (Å²) in [5.74, 6) is 0. The van der Waals surface area contributed by atoms with Gasteiger partial charge in [-0.3, -0.25) is 0 Å². The fourth-order valence-corrected chi connectivity index (χ4v) is 2.97. The molecule has 7 heteroatoms. The zero-order valence-electron chi connectivity index (χ0n) is 9.15. The second-order valence-electron chi connectivity index (χ2n) is 3.61. The van der Waals surface area contributed by atoms with Gasteiger partial charge in [0.15, 0.2) is 0 Å². The van der Waals surface area contributed by atoms with Gasteiger partial charge in [0.05, 0.1) is 11.1 Å². The monoisotopic (exact) mass is 297 g/mol. The Hall–Kier alpha value is -0.330. The average molecular weight is 298 g/mol. The van der Waals surface area contributed by atoms with Crippen LogP contribution in [0.15, 0.2) is 23.1 Å². The van der Waals surface area contributed by atoms with Gasteiger partial charge in [0, 0.05) is 11.6 Å². The van der Waals surface area contributed by atoms with Gasteiger partial charge in [0.25, 0.3) is 0 Å². The first kappa shape index (κ1) is 14.7. The molecule has 1 atom stereocenters. The fraction of sp³-hybridized carbons (Fsp3) is 0.400. The summed E-state index contributed by atoms with van der Waals surface area (Å²) < 4.78 is 26.0. The van der Waals surface area contributed by atoms with Crippen molar-refractivity contribution in [2.24, 2.45) is 0 Å². The summed E-state index contributed by atoms with van der Waals surface area (Å²) in [4.78, 5) is -0.0581. The van der Waals surface area contributed by atoms with Gasteiger partial charge in [0.2, 0.25) is 10.0 Å². The van der Waals surface area contributed by atoms with Crippen LogP contribution in [0.25, 0.3) is 0 Å². The molecule has 1 unspecified atom stereocenters. The Balaban J connectivity index is 2.86. The number of rotatable bonds is 5. The van der Waals surface area contributed by atoms with Gasteiger partial charge in [-0.25, -0.2) is 13.1 Å². The topological polar surface area (TPSA) is 66.4 Å². The molecule has 1 aromatic rings. The zero-order valence-corrected chi connectivity index (χ0v) is 11.5. The molecule has 17 heavy (non-hydrogen) atoms. The Morgan fingerprint density at radius 2 is 2.06 bits per heavy atom. The molecule has 0 spiro atoms. The maximum absolute atomic E-state index is 11.9. The van der Waals surface area contributed by atoms with Crippen LogP contribution in [0.2, 0.25) is 10.0 Å². The highest BCUT2D eigenvalue weighted by molar-refractivity contribution is 7.89. The molecule has 0 aliphatic carbocycles. The molecule has 0 amide bonds. The van der Waals surface area contributed by atoms with Gasteiger partial charge in [-0.2, -0.15) is 0 Å². The summed E-state index contributed by atoms with van der Waals surface area (Å²) in [5.41, 5.74) is 0. The van der Waals surface area contributed by atoms with Gasteiger partial charge < -0.3 is 5.11 Å². The molecule has 0 saturated heterocycles. The van der Waals surface area contributed by atoms with E-state index >= 15 is 0 Å². The standard InChI is InChI=1S/C10H13Cl2NO3S/c1-7(14)4-5-13-17(15,16)10-6-8(11)2-3-9(10)12/h2-3,6-7,13-14H,4-5H2,1H3. The maximum atomic E-state index is 11.9. The number of hydrogen-bond acceptors (Lipinski definition) is 3. The van der Waals surface area contributed by atoms with E-state index < -0.39 is 16.1 Å². The normalized spacial score (nSPS) is 13.6. The van der Waals surface area contributed by atoms with Gasteiger partial charge in [0.1, 0.15) is 4.90 Å². The van der Waals surface area contributed by atoms with Crippen LogP contribution in [-0.4, -0.2) is 26.2 Å². The predicted octanol–water partition coefficient (Wildman–Crippen LogP) is 2.04. The van der Waals surface area contributed by atoms with E-state index in [0.717, 1.165) is 0 Å². The summed E-state index contributed by atoms with van der Waals surface area (Å²) in [6, 6.07) is 4.22. The van der Waals surface area contributed by atoms with Gasteiger partial charge in [-0.05, 0) is 31.5 Å². The second-order valence-corrected chi connectivity index (χ2v) is 6.19. The lowest BCUT2D eigenvalue weighted by Crippen LogP contribution is -2.27. The van der Waals surface area contributed by atoms with E-state index in [2.05, 4.69) is 4.72 Å². The highest BCUT2D eigenvalue weighted by atomic mass is 35.5. The van der Waals surface area contributed by atoms with Crippen molar-refractivity contribution in [1.82, 2.24) is 4.72 Å². The molecule has 0 aliphatic rings. The van der Waals surface area contributed by atoms with Crippen LogP contribution in [0, 0.1) is 0 Å². The molecule has 0 bridgehead atoms. The van der Waals surface area contributed by atoms with Crippen LogP contribution in [-0.2, 0) is 10.0 Å². The predicted molar refractivity (Wildman–Crippen MR) is 67.9 cm³/mol. The van der Waals surface area contributed by atoms with Crippen molar-refractivity contribution in [1.29, 1.82) is 0 Å². The van der Waals surface area contributed by atoms with E-state index in [1.807, 2.05) is 0 Å². The van der Waals surface area contributed by atoms with Crippen molar-refractivity contribution in [3.63, 3.8) is 0 Å². The van der Waals surface area contributed by atoms with E-state index in [1.165, 1.54) is 18.2 Å². The van der Waals surface area contributed by atoms with E-state index in [9.17, 15) is 8.42 Å².